The summed E-state index contributed by atoms with van der Waals surface area (Å²) in [6, 6.07) is 4.89. The van der Waals surface area contributed by atoms with E-state index in [1.54, 1.807) is 19.1 Å². The number of hydrogen-bond donors (Lipinski definition) is 1. The topological polar surface area (TPSA) is 65.6 Å². The van der Waals surface area contributed by atoms with Crippen LogP contribution >= 0.6 is 11.6 Å². The van der Waals surface area contributed by atoms with Crippen LogP contribution in [0.25, 0.3) is 0 Å². The fourth-order valence-corrected chi connectivity index (χ4v) is 3.25. The molecule has 1 unspecified atom stereocenters. The van der Waals surface area contributed by atoms with Crippen molar-refractivity contribution in [3.05, 3.63) is 46.4 Å². The van der Waals surface area contributed by atoms with Gasteiger partial charge in [0.15, 0.2) is 0 Å². The Kier molecular flexibility index (Phi) is 5.15. The van der Waals surface area contributed by atoms with Gasteiger partial charge < -0.3 is 9.52 Å². The molecular formula is C16H20ClFN4O2. The molecule has 0 aliphatic carbocycles. The van der Waals surface area contributed by atoms with Gasteiger partial charge in [0.1, 0.15) is 5.82 Å². The normalized spacial score (nSPS) is 21.8. The van der Waals surface area contributed by atoms with Crippen LogP contribution in [0.2, 0.25) is 5.02 Å². The number of aliphatic hydroxyl groups excluding tert-OH is 1. The average molecular weight is 355 g/mol. The molecule has 24 heavy (non-hydrogen) atoms. The lowest BCUT2D eigenvalue weighted by Crippen LogP contribution is -2.40. The van der Waals surface area contributed by atoms with Crippen molar-refractivity contribution in [3.8, 4) is 0 Å². The largest absolute Gasteiger partial charge is 0.424 e. The molecule has 1 saturated heterocycles. The van der Waals surface area contributed by atoms with E-state index in [1.807, 2.05) is 16.8 Å². The zero-order valence-electron chi connectivity index (χ0n) is 13.6. The van der Waals surface area contributed by atoms with Gasteiger partial charge in [-0.25, -0.2) is 4.39 Å². The average Bonchev–Trinajstić information content (AvgIpc) is 3.10. The molecule has 1 aromatic heterocycles. The number of likely N-dealkylation sites (tertiary alicyclic amines) is 1. The fraction of sp³-hybridized carbons (Fsp3) is 0.500. The van der Waals surface area contributed by atoms with Crippen molar-refractivity contribution >= 4 is 11.6 Å². The summed E-state index contributed by atoms with van der Waals surface area (Å²) in [7, 11) is 1.90. The van der Waals surface area contributed by atoms with Crippen molar-refractivity contribution in [2.75, 3.05) is 20.1 Å². The maximum Gasteiger partial charge on any atom is 0.230 e. The third-order valence-electron chi connectivity index (χ3n) is 4.28. The highest BCUT2D eigenvalue weighted by atomic mass is 35.5. The molecule has 1 fully saturated rings. The van der Waals surface area contributed by atoms with Crippen molar-refractivity contribution in [2.24, 2.45) is 0 Å². The molecule has 0 saturated carbocycles. The SMILES string of the molecule is Cc1nnc(CN(C)C2CN(Cc3cccc(Cl)c3F)C[C@H]2O)o1. The van der Waals surface area contributed by atoms with Gasteiger partial charge in [0.2, 0.25) is 11.8 Å². The van der Waals surface area contributed by atoms with E-state index in [-0.39, 0.29) is 11.1 Å². The Hall–Kier alpha value is -1.54. The standard InChI is InChI=1S/C16H20ClFN4O2/c1-10-19-20-15(24-10)9-21(2)13-7-22(8-14(13)23)6-11-4-3-5-12(17)16(11)18/h3-5,13-14,23H,6-9H2,1-2H3/t13?,14-/m1/s1. The van der Waals surface area contributed by atoms with Gasteiger partial charge in [-0.3, -0.25) is 9.80 Å². The van der Waals surface area contributed by atoms with Gasteiger partial charge in [0.05, 0.1) is 17.7 Å². The Labute approximate surface area is 144 Å². The van der Waals surface area contributed by atoms with E-state index < -0.39 is 11.9 Å². The van der Waals surface area contributed by atoms with Crippen molar-refractivity contribution in [1.82, 2.24) is 20.0 Å². The second-order valence-corrected chi connectivity index (χ2v) is 6.58. The van der Waals surface area contributed by atoms with Crippen molar-refractivity contribution in [2.45, 2.75) is 32.2 Å². The zero-order chi connectivity index (χ0) is 17.3. The first-order valence-corrected chi connectivity index (χ1v) is 8.14. The Morgan fingerprint density at radius 2 is 2.21 bits per heavy atom. The van der Waals surface area contributed by atoms with Crippen LogP contribution in [-0.2, 0) is 13.1 Å². The minimum atomic E-state index is -0.527. The molecule has 2 heterocycles. The lowest BCUT2D eigenvalue weighted by atomic mass is 10.2. The number of aromatic nitrogens is 2. The number of aryl methyl sites for hydroxylation is 1. The predicted octanol–water partition coefficient (Wildman–Crippen LogP) is 1.85. The van der Waals surface area contributed by atoms with Crippen LogP contribution < -0.4 is 0 Å². The number of β-amino-alcohol motifs (C(OH)–C–C–N with tert-alkyl or cyclic N) is 1. The van der Waals surface area contributed by atoms with Gasteiger partial charge in [0, 0.05) is 38.2 Å². The molecule has 1 N–H and O–H groups in total. The molecule has 1 aliphatic rings. The van der Waals surface area contributed by atoms with E-state index in [0.29, 0.717) is 43.5 Å². The molecule has 0 bridgehead atoms. The summed E-state index contributed by atoms with van der Waals surface area (Å²) in [6.45, 7) is 3.71. The lowest BCUT2D eigenvalue weighted by Gasteiger charge is -2.25. The first-order valence-electron chi connectivity index (χ1n) is 7.76. The Morgan fingerprint density at radius 3 is 2.92 bits per heavy atom. The summed E-state index contributed by atoms with van der Waals surface area (Å²) in [5, 5.41) is 18.2. The van der Waals surface area contributed by atoms with Gasteiger partial charge in [0.25, 0.3) is 0 Å². The Bertz CT molecular complexity index is 711. The molecule has 0 radical (unpaired) electrons. The summed E-state index contributed by atoms with van der Waals surface area (Å²) in [5.74, 6) is 0.636. The van der Waals surface area contributed by atoms with E-state index in [2.05, 4.69) is 10.2 Å². The molecule has 1 aliphatic heterocycles. The maximum atomic E-state index is 14.0. The molecule has 0 amide bonds. The first-order chi connectivity index (χ1) is 11.4. The van der Waals surface area contributed by atoms with Gasteiger partial charge in [-0.1, -0.05) is 23.7 Å². The second-order valence-electron chi connectivity index (χ2n) is 6.17. The van der Waals surface area contributed by atoms with Gasteiger partial charge >= 0.3 is 0 Å². The van der Waals surface area contributed by atoms with E-state index >= 15 is 0 Å². The summed E-state index contributed by atoms with van der Waals surface area (Å²) in [6.07, 6.45) is -0.527. The van der Waals surface area contributed by atoms with Crippen LogP contribution in [0.1, 0.15) is 17.3 Å². The van der Waals surface area contributed by atoms with E-state index in [1.165, 1.54) is 6.07 Å². The number of likely N-dealkylation sites (N-methyl/N-ethyl adjacent to an activating group) is 1. The predicted molar refractivity (Wildman–Crippen MR) is 87.0 cm³/mol. The summed E-state index contributed by atoms with van der Waals surface area (Å²) in [4.78, 5) is 3.99. The molecule has 6 nitrogen and oxygen atoms in total. The number of hydrogen-bond acceptors (Lipinski definition) is 6. The highest BCUT2D eigenvalue weighted by Gasteiger charge is 2.34. The van der Waals surface area contributed by atoms with Crippen LogP contribution in [0, 0.1) is 12.7 Å². The summed E-state index contributed by atoms with van der Waals surface area (Å²) in [5.41, 5.74) is 0.533. The van der Waals surface area contributed by atoms with Gasteiger partial charge in [-0.15, -0.1) is 10.2 Å². The molecular weight excluding hydrogens is 335 g/mol. The van der Waals surface area contributed by atoms with Crippen LogP contribution in [0.4, 0.5) is 4.39 Å². The minimum Gasteiger partial charge on any atom is -0.424 e. The maximum absolute atomic E-state index is 14.0. The van der Waals surface area contributed by atoms with Crippen LogP contribution in [0.3, 0.4) is 0 Å². The number of nitrogens with zero attached hydrogens (tertiary/aromatic N) is 4. The number of halogens is 2. The first kappa shape index (κ1) is 17.3. The Morgan fingerprint density at radius 1 is 1.42 bits per heavy atom. The number of aliphatic hydroxyl groups is 1. The van der Waals surface area contributed by atoms with Gasteiger partial charge in [-0.2, -0.15) is 0 Å². The lowest BCUT2D eigenvalue weighted by molar-refractivity contribution is 0.0898. The number of rotatable bonds is 5. The second kappa shape index (κ2) is 7.14. The highest BCUT2D eigenvalue weighted by molar-refractivity contribution is 6.30. The minimum absolute atomic E-state index is 0.0838. The molecule has 1 aromatic carbocycles. The number of benzene rings is 1. The molecule has 130 valence electrons. The van der Waals surface area contributed by atoms with E-state index in [9.17, 15) is 9.50 Å². The van der Waals surface area contributed by atoms with Crippen LogP contribution in [0.15, 0.2) is 22.6 Å². The molecule has 2 atom stereocenters. The Balaban J connectivity index is 1.62. The third kappa shape index (κ3) is 3.75. The quantitative estimate of drug-likeness (QED) is 0.884. The van der Waals surface area contributed by atoms with E-state index in [4.69, 9.17) is 16.0 Å². The van der Waals surface area contributed by atoms with Gasteiger partial charge in [-0.05, 0) is 13.1 Å². The molecule has 3 rings (SSSR count). The van der Waals surface area contributed by atoms with Crippen molar-refractivity contribution in [1.29, 1.82) is 0 Å². The van der Waals surface area contributed by atoms with Crippen molar-refractivity contribution in [3.63, 3.8) is 0 Å². The summed E-state index contributed by atoms with van der Waals surface area (Å²) < 4.78 is 19.4. The molecule has 8 heteroatoms. The zero-order valence-corrected chi connectivity index (χ0v) is 14.4. The smallest absolute Gasteiger partial charge is 0.230 e. The highest BCUT2D eigenvalue weighted by Crippen LogP contribution is 2.23. The van der Waals surface area contributed by atoms with Crippen molar-refractivity contribution < 1.29 is 13.9 Å². The van der Waals surface area contributed by atoms with Crippen LogP contribution in [0.5, 0.6) is 0 Å². The fourth-order valence-electron chi connectivity index (χ4n) is 3.05. The van der Waals surface area contributed by atoms with E-state index in [0.717, 1.165) is 0 Å². The monoisotopic (exact) mass is 354 g/mol. The summed E-state index contributed by atoms with van der Waals surface area (Å²) >= 11 is 5.82. The molecule has 0 spiro atoms. The van der Waals surface area contributed by atoms with Crippen LogP contribution in [-0.4, -0.2) is 57.4 Å². The third-order valence-corrected chi connectivity index (χ3v) is 4.57. The molecule has 2 aromatic rings.